The van der Waals surface area contributed by atoms with Gasteiger partial charge in [-0.1, -0.05) is 0 Å². The van der Waals surface area contributed by atoms with Crippen LogP contribution in [0.1, 0.15) is 65.7 Å². The molecule has 4 saturated carbocycles. The smallest absolute Gasteiger partial charge is 0.0624 e. The summed E-state index contributed by atoms with van der Waals surface area (Å²) in [4.78, 5) is 0. The van der Waals surface area contributed by atoms with Crippen molar-refractivity contribution in [2.45, 2.75) is 83.5 Å². The van der Waals surface area contributed by atoms with E-state index in [-0.39, 0.29) is 5.60 Å². The van der Waals surface area contributed by atoms with Crippen molar-refractivity contribution in [3.63, 3.8) is 0 Å². The van der Waals surface area contributed by atoms with Gasteiger partial charge < -0.3 is 18.9 Å². The second-order valence-corrected chi connectivity index (χ2v) is 9.51. The zero-order chi connectivity index (χ0) is 17.3. The predicted octanol–water partition coefficient (Wildman–Crippen LogP) is 3.96. The van der Waals surface area contributed by atoms with E-state index in [4.69, 9.17) is 18.9 Å². The highest BCUT2D eigenvalue weighted by atomic mass is 16.5. The maximum atomic E-state index is 6.06. The Morgan fingerprint density at radius 3 is 2.12 bits per heavy atom. The van der Waals surface area contributed by atoms with Crippen LogP contribution in [0.4, 0.5) is 0 Å². The summed E-state index contributed by atoms with van der Waals surface area (Å²) >= 11 is 0. The molecule has 0 atom stereocenters. The zero-order valence-electron chi connectivity index (χ0n) is 16.1. The predicted molar refractivity (Wildman–Crippen MR) is 94.2 cm³/mol. The van der Waals surface area contributed by atoms with Gasteiger partial charge in [0, 0.05) is 20.3 Å². The second-order valence-electron chi connectivity index (χ2n) is 9.51. The van der Waals surface area contributed by atoms with E-state index in [1.807, 2.05) is 0 Å². The molecule has 0 saturated heterocycles. The van der Waals surface area contributed by atoms with Crippen LogP contribution in [0, 0.1) is 10.8 Å². The van der Waals surface area contributed by atoms with Crippen LogP contribution in [0.15, 0.2) is 0 Å². The lowest BCUT2D eigenvalue weighted by molar-refractivity contribution is -0.264. The van der Waals surface area contributed by atoms with Gasteiger partial charge in [-0.05, 0) is 76.5 Å². The number of methoxy groups -OCH3 is 1. The lowest BCUT2D eigenvalue weighted by Crippen LogP contribution is -2.66. The largest absolute Gasteiger partial charge is 0.381 e. The molecule has 4 aliphatic carbocycles. The quantitative estimate of drug-likeness (QED) is 0.534. The van der Waals surface area contributed by atoms with Gasteiger partial charge in [-0.2, -0.15) is 0 Å². The van der Waals surface area contributed by atoms with Gasteiger partial charge in [0.25, 0.3) is 0 Å². The van der Waals surface area contributed by atoms with Crippen LogP contribution < -0.4 is 0 Å². The summed E-state index contributed by atoms with van der Waals surface area (Å²) in [6.07, 6.45) is 9.19. The summed E-state index contributed by atoms with van der Waals surface area (Å²) in [5, 5.41) is 0. The Morgan fingerprint density at radius 2 is 1.50 bits per heavy atom. The topological polar surface area (TPSA) is 36.9 Å². The summed E-state index contributed by atoms with van der Waals surface area (Å²) < 4.78 is 23.0. The molecule has 140 valence electrons. The minimum absolute atomic E-state index is 0.0208. The van der Waals surface area contributed by atoms with Crippen molar-refractivity contribution in [3.8, 4) is 0 Å². The van der Waals surface area contributed by atoms with E-state index < -0.39 is 0 Å². The van der Waals surface area contributed by atoms with E-state index in [1.165, 1.54) is 19.3 Å². The third-order valence-electron chi connectivity index (χ3n) is 5.89. The van der Waals surface area contributed by atoms with Gasteiger partial charge >= 0.3 is 0 Å². The molecule has 0 heterocycles. The molecule has 0 aromatic rings. The van der Waals surface area contributed by atoms with Gasteiger partial charge in [-0.25, -0.2) is 0 Å². The average Bonchev–Trinajstić information content (AvgIpc) is 2.37. The normalized spacial score (nSPS) is 37.5. The van der Waals surface area contributed by atoms with Crippen molar-refractivity contribution in [3.05, 3.63) is 0 Å². The molecule has 2 bridgehead atoms. The second kappa shape index (κ2) is 7.22. The molecule has 0 aromatic heterocycles. The first-order valence-corrected chi connectivity index (χ1v) is 9.70. The van der Waals surface area contributed by atoms with Gasteiger partial charge in [0.2, 0.25) is 0 Å². The van der Waals surface area contributed by atoms with Crippen molar-refractivity contribution in [2.24, 2.45) is 10.8 Å². The van der Waals surface area contributed by atoms with Crippen LogP contribution >= 0.6 is 0 Å². The van der Waals surface area contributed by atoms with Gasteiger partial charge in [0.1, 0.15) is 0 Å². The molecule has 4 nitrogen and oxygen atoms in total. The Labute approximate surface area is 147 Å². The lowest BCUT2D eigenvalue weighted by atomic mass is 9.35. The summed E-state index contributed by atoms with van der Waals surface area (Å²) in [5.41, 5.74) is 0.981. The lowest BCUT2D eigenvalue weighted by Gasteiger charge is -2.70. The molecule has 0 radical (unpaired) electrons. The highest BCUT2D eigenvalue weighted by Gasteiger charge is 2.67. The number of unbranched alkanes of at least 4 members (excludes halogenated alkanes) is 1. The highest BCUT2D eigenvalue weighted by Crippen LogP contribution is 2.73. The fourth-order valence-corrected chi connectivity index (χ4v) is 4.65. The van der Waals surface area contributed by atoms with Crippen LogP contribution in [0.5, 0.6) is 0 Å². The molecular weight excluding hydrogens is 304 g/mol. The molecule has 0 spiro atoms. The fraction of sp³-hybridized carbons (Fsp3) is 1.00. The van der Waals surface area contributed by atoms with Crippen molar-refractivity contribution in [1.82, 2.24) is 0 Å². The Bertz CT molecular complexity index is 389. The van der Waals surface area contributed by atoms with E-state index in [1.54, 1.807) is 7.11 Å². The molecule has 4 aliphatic rings. The van der Waals surface area contributed by atoms with Crippen LogP contribution in [-0.2, 0) is 18.9 Å². The van der Waals surface area contributed by atoms with Crippen LogP contribution in [0.3, 0.4) is 0 Å². The maximum Gasteiger partial charge on any atom is 0.0624 e. The molecule has 0 unspecified atom stereocenters. The van der Waals surface area contributed by atoms with E-state index in [0.29, 0.717) is 23.0 Å². The molecule has 0 aromatic carbocycles. The van der Waals surface area contributed by atoms with Crippen molar-refractivity contribution in [2.75, 3.05) is 33.5 Å². The Morgan fingerprint density at radius 1 is 0.875 bits per heavy atom. The van der Waals surface area contributed by atoms with Crippen LogP contribution in [0.2, 0.25) is 0 Å². The van der Waals surface area contributed by atoms with Gasteiger partial charge in [-0.3, -0.25) is 0 Å². The standard InChI is InChI=1S/C20H36O4/c1-18(2,3)24-8-6-5-7-22-14-19-11-20(12-19,13-19)15-23-17-9-16(10-17)21-4/h16-17H,5-15H2,1-4H3. The third-order valence-corrected chi connectivity index (χ3v) is 5.89. The van der Waals surface area contributed by atoms with E-state index in [9.17, 15) is 0 Å². The fourth-order valence-electron chi connectivity index (χ4n) is 4.65. The molecule has 4 fully saturated rings. The Hall–Kier alpha value is -0.160. The summed E-state index contributed by atoms with van der Waals surface area (Å²) in [5.74, 6) is 0. The summed E-state index contributed by atoms with van der Waals surface area (Å²) in [6, 6.07) is 0. The van der Waals surface area contributed by atoms with E-state index in [2.05, 4.69) is 20.8 Å². The minimum Gasteiger partial charge on any atom is -0.381 e. The number of rotatable bonds is 11. The molecule has 0 amide bonds. The molecule has 24 heavy (non-hydrogen) atoms. The van der Waals surface area contributed by atoms with Crippen molar-refractivity contribution in [1.29, 1.82) is 0 Å². The van der Waals surface area contributed by atoms with Gasteiger partial charge in [0.05, 0.1) is 31.0 Å². The van der Waals surface area contributed by atoms with Crippen LogP contribution in [-0.4, -0.2) is 51.3 Å². The third kappa shape index (κ3) is 4.51. The number of ether oxygens (including phenoxy) is 4. The molecular formula is C20H36O4. The zero-order valence-corrected chi connectivity index (χ0v) is 16.1. The maximum absolute atomic E-state index is 6.06. The first-order chi connectivity index (χ1) is 11.3. The molecule has 0 N–H and O–H groups in total. The summed E-state index contributed by atoms with van der Waals surface area (Å²) in [6.45, 7) is 9.93. The van der Waals surface area contributed by atoms with Crippen molar-refractivity contribution >= 4 is 0 Å². The first kappa shape index (κ1) is 18.6. The number of hydrogen-bond donors (Lipinski definition) is 0. The number of hydrogen-bond acceptors (Lipinski definition) is 4. The summed E-state index contributed by atoms with van der Waals surface area (Å²) in [7, 11) is 1.80. The van der Waals surface area contributed by atoms with E-state index in [0.717, 1.165) is 52.1 Å². The highest BCUT2D eigenvalue weighted by molar-refractivity contribution is 5.17. The average molecular weight is 341 g/mol. The first-order valence-electron chi connectivity index (χ1n) is 9.70. The Kier molecular flexibility index (Phi) is 5.60. The molecule has 4 heteroatoms. The van der Waals surface area contributed by atoms with Crippen LogP contribution in [0.25, 0.3) is 0 Å². The SMILES string of the molecule is COC1CC(OCC23CC(COCCCCOC(C)(C)C)(C2)C3)C1. The Balaban J connectivity index is 1.16. The van der Waals surface area contributed by atoms with E-state index >= 15 is 0 Å². The monoisotopic (exact) mass is 340 g/mol. The molecule has 0 aliphatic heterocycles. The van der Waals surface area contributed by atoms with Gasteiger partial charge in [-0.15, -0.1) is 0 Å². The van der Waals surface area contributed by atoms with Gasteiger partial charge in [0.15, 0.2) is 0 Å². The molecule has 4 rings (SSSR count). The van der Waals surface area contributed by atoms with Crippen molar-refractivity contribution < 1.29 is 18.9 Å². The minimum atomic E-state index is -0.0208.